The quantitative estimate of drug-likeness (QED) is 0.361. The van der Waals surface area contributed by atoms with Gasteiger partial charge in [-0.25, -0.2) is 0 Å². The van der Waals surface area contributed by atoms with E-state index in [0.29, 0.717) is 0 Å². The zero-order chi connectivity index (χ0) is 27.1. The molecule has 2 aliphatic heterocycles. The van der Waals surface area contributed by atoms with Crippen LogP contribution in [0.3, 0.4) is 0 Å². The molecule has 3 heterocycles. The van der Waals surface area contributed by atoms with Gasteiger partial charge in [-0.05, 0) is 88.0 Å². The van der Waals surface area contributed by atoms with Crippen LogP contribution in [0.5, 0.6) is 0 Å². The lowest BCUT2D eigenvalue weighted by atomic mass is 9.64. The highest BCUT2D eigenvalue weighted by Crippen LogP contribution is 2.43. The summed E-state index contributed by atoms with van der Waals surface area (Å²) in [7, 11) is 2.22. The predicted octanol–water partition coefficient (Wildman–Crippen LogP) is 4.65. The summed E-state index contributed by atoms with van der Waals surface area (Å²) in [6.45, 7) is 9.01. The molecule has 2 saturated heterocycles. The topological polar surface area (TPSA) is 52.8 Å². The molecule has 6 heteroatoms. The van der Waals surface area contributed by atoms with Crippen molar-refractivity contribution in [3.63, 3.8) is 0 Å². The summed E-state index contributed by atoms with van der Waals surface area (Å²) in [5, 5.41) is 0. The Morgan fingerprint density at radius 1 is 0.795 bits per heavy atom. The number of rotatable bonds is 12. The van der Waals surface area contributed by atoms with Gasteiger partial charge in [0, 0.05) is 42.5 Å². The van der Waals surface area contributed by atoms with Crippen LogP contribution in [0.4, 0.5) is 0 Å². The molecular formula is C33H44N4OS. The number of nitrogens with two attached hydrogens (primary N) is 1. The lowest BCUT2D eigenvalue weighted by Crippen LogP contribution is -2.49. The normalized spacial score (nSPS) is 19.5. The minimum atomic E-state index is -0.802. The zero-order valence-corrected chi connectivity index (χ0v) is 24.2. The van der Waals surface area contributed by atoms with E-state index in [2.05, 4.69) is 58.1 Å². The number of thiophene rings is 1. The second kappa shape index (κ2) is 13.2. The van der Waals surface area contributed by atoms with Gasteiger partial charge in [0.15, 0.2) is 0 Å². The molecule has 0 unspecified atom stereocenters. The highest BCUT2D eigenvalue weighted by molar-refractivity contribution is 7.11. The third kappa shape index (κ3) is 6.63. The van der Waals surface area contributed by atoms with Crippen molar-refractivity contribution in [1.82, 2.24) is 14.7 Å². The number of nitrogens with zero attached hydrogens (tertiary/aromatic N) is 3. The average molecular weight is 545 g/mol. The molecule has 0 spiro atoms. The second-order valence-corrected chi connectivity index (χ2v) is 12.7. The lowest BCUT2D eigenvalue weighted by Gasteiger charge is -2.37. The number of amides is 1. The van der Waals surface area contributed by atoms with Gasteiger partial charge in [-0.1, -0.05) is 60.7 Å². The van der Waals surface area contributed by atoms with E-state index in [4.69, 9.17) is 5.73 Å². The van der Waals surface area contributed by atoms with Crippen molar-refractivity contribution in [3.05, 3.63) is 93.7 Å². The number of likely N-dealkylation sites (tertiary alicyclic amines) is 1. The maximum absolute atomic E-state index is 13.3. The summed E-state index contributed by atoms with van der Waals surface area (Å²) in [5.41, 5.74) is 7.48. The van der Waals surface area contributed by atoms with Crippen molar-refractivity contribution in [2.45, 2.75) is 37.5 Å². The Hall–Kier alpha value is -2.51. The molecule has 3 aromatic rings. The molecule has 5 nitrogen and oxygen atoms in total. The molecule has 208 valence electrons. The van der Waals surface area contributed by atoms with Crippen LogP contribution < -0.4 is 5.73 Å². The smallest absolute Gasteiger partial charge is 0.232 e. The average Bonchev–Trinajstić information content (AvgIpc) is 3.62. The van der Waals surface area contributed by atoms with E-state index in [9.17, 15) is 4.79 Å². The van der Waals surface area contributed by atoms with Crippen LogP contribution in [-0.4, -0.2) is 80.0 Å². The number of carbonyl (C=O) groups excluding carboxylic acids is 1. The standard InChI is InChI=1S/C33H44N4OS/c1-35-22-24-36(25-23-35)19-8-14-30-16-17-31(39-30)15-9-20-37-21-18-29(26-37)33(32(34)38,27-10-4-2-5-11-27)28-12-6-3-7-13-28/h2-7,10-13,16-17,29H,8-9,14-15,18-26H2,1H3,(H2,34,38)/t29-/m1/s1. The van der Waals surface area contributed by atoms with Gasteiger partial charge < -0.3 is 20.4 Å². The fourth-order valence-corrected chi connectivity index (χ4v) is 7.73. The largest absolute Gasteiger partial charge is 0.369 e. The molecule has 2 N–H and O–H groups in total. The van der Waals surface area contributed by atoms with Gasteiger partial charge in [0.1, 0.15) is 5.41 Å². The predicted molar refractivity (Wildman–Crippen MR) is 162 cm³/mol. The number of benzene rings is 2. The van der Waals surface area contributed by atoms with Gasteiger partial charge in [-0.2, -0.15) is 0 Å². The molecule has 2 fully saturated rings. The molecular weight excluding hydrogens is 500 g/mol. The van der Waals surface area contributed by atoms with Crippen molar-refractivity contribution in [3.8, 4) is 0 Å². The minimum Gasteiger partial charge on any atom is -0.369 e. The molecule has 0 saturated carbocycles. The van der Waals surface area contributed by atoms with Crippen LogP contribution in [0.25, 0.3) is 0 Å². The maximum atomic E-state index is 13.3. The van der Waals surface area contributed by atoms with Crippen LogP contribution >= 0.6 is 11.3 Å². The number of piperazine rings is 1. The highest BCUT2D eigenvalue weighted by Gasteiger charge is 2.49. The number of carbonyl (C=O) groups is 1. The summed E-state index contributed by atoms with van der Waals surface area (Å²) >= 11 is 2.00. The van der Waals surface area contributed by atoms with Gasteiger partial charge in [0.05, 0.1) is 0 Å². The van der Waals surface area contributed by atoms with E-state index < -0.39 is 5.41 Å². The fourth-order valence-electron chi connectivity index (χ4n) is 6.63. The lowest BCUT2D eigenvalue weighted by molar-refractivity contribution is -0.123. The first-order valence-electron chi connectivity index (χ1n) is 14.7. The second-order valence-electron chi connectivity index (χ2n) is 11.4. The molecule has 2 aliphatic rings. The van der Waals surface area contributed by atoms with Gasteiger partial charge in [0.25, 0.3) is 0 Å². The third-order valence-electron chi connectivity index (χ3n) is 8.84. The Bertz CT molecular complexity index is 1130. The van der Waals surface area contributed by atoms with E-state index in [0.717, 1.165) is 50.0 Å². The van der Waals surface area contributed by atoms with Crippen molar-refractivity contribution < 1.29 is 4.79 Å². The SMILES string of the molecule is CN1CCN(CCCc2ccc(CCCN3CC[C@@H](C(C(N)=O)(c4ccccc4)c4ccccc4)C3)s2)CC1. The van der Waals surface area contributed by atoms with Gasteiger partial charge >= 0.3 is 0 Å². The molecule has 1 aromatic heterocycles. The van der Waals surface area contributed by atoms with Crippen LogP contribution in [0.1, 0.15) is 40.1 Å². The molecule has 0 aliphatic carbocycles. The third-order valence-corrected chi connectivity index (χ3v) is 10.0. The first kappa shape index (κ1) is 28.0. The van der Waals surface area contributed by atoms with Crippen LogP contribution in [0, 0.1) is 5.92 Å². The van der Waals surface area contributed by atoms with Crippen LogP contribution in [0.15, 0.2) is 72.8 Å². The number of aryl methyl sites for hydroxylation is 2. The molecule has 0 radical (unpaired) electrons. The number of hydrogen-bond acceptors (Lipinski definition) is 5. The van der Waals surface area contributed by atoms with Crippen molar-refractivity contribution >= 4 is 17.2 Å². The Morgan fingerprint density at radius 2 is 1.33 bits per heavy atom. The molecule has 2 aromatic carbocycles. The monoisotopic (exact) mass is 544 g/mol. The summed E-state index contributed by atoms with van der Waals surface area (Å²) in [6.07, 6.45) is 5.70. The zero-order valence-electron chi connectivity index (χ0n) is 23.4. The van der Waals surface area contributed by atoms with E-state index in [-0.39, 0.29) is 11.8 Å². The van der Waals surface area contributed by atoms with E-state index in [1.807, 2.05) is 47.7 Å². The molecule has 1 atom stereocenters. The van der Waals surface area contributed by atoms with Crippen LogP contribution in [-0.2, 0) is 23.1 Å². The summed E-state index contributed by atoms with van der Waals surface area (Å²) in [6, 6.07) is 25.0. The van der Waals surface area contributed by atoms with Crippen LogP contribution in [0.2, 0.25) is 0 Å². The number of likely N-dealkylation sites (N-methyl/N-ethyl adjacent to an activating group) is 1. The van der Waals surface area contributed by atoms with E-state index >= 15 is 0 Å². The fraction of sp³-hybridized carbons (Fsp3) is 0.485. The minimum absolute atomic E-state index is 0.161. The summed E-state index contributed by atoms with van der Waals surface area (Å²) < 4.78 is 0. The van der Waals surface area contributed by atoms with Crippen molar-refractivity contribution in [2.75, 3.05) is 59.4 Å². The maximum Gasteiger partial charge on any atom is 0.232 e. The molecule has 1 amide bonds. The summed E-state index contributed by atoms with van der Waals surface area (Å²) in [5.74, 6) is -0.0843. The Balaban J connectivity index is 1.14. The van der Waals surface area contributed by atoms with Crippen molar-refractivity contribution in [2.24, 2.45) is 11.7 Å². The molecule has 5 rings (SSSR count). The van der Waals surface area contributed by atoms with Gasteiger partial charge in [-0.15, -0.1) is 11.3 Å². The Morgan fingerprint density at radius 3 is 1.87 bits per heavy atom. The Kier molecular flexibility index (Phi) is 9.51. The Labute approximate surface area is 238 Å². The van der Waals surface area contributed by atoms with E-state index in [1.165, 1.54) is 55.3 Å². The van der Waals surface area contributed by atoms with Gasteiger partial charge in [-0.3, -0.25) is 4.79 Å². The summed E-state index contributed by atoms with van der Waals surface area (Å²) in [4.78, 5) is 23.9. The van der Waals surface area contributed by atoms with Gasteiger partial charge in [0.2, 0.25) is 5.91 Å². The number of primary amides is 1. The van der Waals surface area contributed by atoms with E-state index in [1.54, 1.807) is 0 Å². The highest BCUT2D eigenvalue weighted by atomic mass is 32.1. The number of hydrogen-bond donors (Lipinski definition) is 1. The van der Waals surface area contributed by atoms with Crippen molar-refractivity contribution in [1.29, 1.82) is 0 Å². The molecule has 39 heavy (non-hydrogen) atoms. The first-order valence-corrected chi connectivity index (χ1v) is 15.5. The first-order chi connectivity index (χ1) is 19.1. The molecule has 0 bridgehead atoms.